The molecule has 2 N–H and O–H groups in total. The van der Waals surface area contributed by atoms with Gasteiger partial charge >= 0.3 is 0 Å². The molecular formula is C40H37FN4O4S. The van der Waals surface area contributed by atoms with Crippen LogP contribution in [0, 0.1) is 12.7 Å². The standard InChI is InChI=1S/C40H37FN4O4S/c1-27-12-14-29(15-13-27)37-21-18-32(49-37)26-35(43-38(46)30-8-4-3-5-9-30)39(47)42-31-16-19-33(20-17-31)50-28(2)40(48)45-24-22-44(23-25-45)36-11-7-6-10-34(36)41/h3-21,26,28H,22-25H2,1-2H3,(H,42,47)(H,43,46). The number of anilines is 2. The molecule has 50 heavy (non-hydrogen) atoms. The van der Waals surface area contributed by atoms with Gasteiger partial charge in [-0.25, -0.2) is 4.39 Å². The van der Waals surface area contributed by atoms with Gasteiger partial charge in [-0.3, -0.25) is 14.4 Å². The van der Waals surface area contributed by atoms with E-state index in [1.165, 1.54) is 23.9 Å². The zero-order chi connectivity index (χ0) is 35.0. The van der Waals surface area contributed by atoms with E-state index < -0.39 is 11.8 Å². The smallest absolute Gasteiger partial charge is 0.272 e. The number of para-hydroxylation sites is 1. The molecule has 0 spiro atoms. The fourth-order valence-corrected chi connectivity index (χ4v) is 6.54. The van der Waals surface area contributed by atoms with Crippen LogP contribution in [0.2, 0.25) is 0 Å². The van der Waals surface area contributed by atoms with Crippen molar-refractivity contribution < 1.29 is 23.2 Å². The second-order valence-corrected chi connectivity index (χ2v) is 13.4. The van der Waals surface area contributed by atoms with Gasteiger partial charge in [0.05, 0.1) is 10.9 Å². The van der Waals surface area contributed by atoms with Crippen LogP contribution in [0.15, 0.2) is 130 Å². The summed E-state index contributed by atoms with van der Waals surface area (Å²) in [4.78, 5) is 44.5. The third-order valence-corrected chi connectivity index (χ3v) is 9.44. The molecule has 5 aromatic rings. The minimum atomic E-state index is -0.527. The second kappa shape index (κ2) is 15.7. The number of carbonyl (C=O) groups is 3. The average molecular weight is 689 g/mol. The van der Waals surface area contributed by atoms with E-state index in [-0.39, 0.29) is 22.7 Å². The molecule has 0 bridgehead atoms. The Balaban J connectivity index is 1.09. The number of thioether (sulfide) groups is 1. The van der Waals surface area contributed by atoms with E-state index in [0.717, 1.165) is 16.0 Å². The Bertz CT molecular complexity index is 1990. The van der Waals surface area contributed by atoms with Crippen molar-refractivity contribution in [3.8, 4) is 11.3 Å². The lowest BCUT2D eigenvalue weighted by Crippen LogP contribution is -2.50. The normalized spacial score (nSPS) is 13.9. The molecule has 8 nitrogen and oxygen atoms in total. The number of nitrogens with zero attached hydrogens (tertiary/aromatic N) is 2. The molecule has 1 aliphatic rings. The number of nitrogens with one attached hydrogen (secondary N) is 2. The maximum atomic E-state index is 14.2. The summed E-state index contributed by atoms with van der Waals surface area (Å²) >= 11 is 1.43. The first-order chi connectivity index (χ1) is 24.2. The van der Waals surface area contributed by atoms with E-state index in [0.29, 0.717) is 54.6 Å². The molecule has 1 saturated heterocycles. The number of rotatable bonds is 10. The molecule has 10 heteroatoms. The van der Waals surface area contributed by atoms with Crippen LogP contribution in [-0.4, -0.2) is 54.1 Å². The van der Waals surface area contributed by atoms with Gasteiger partial charge in [0.15, 0.2) is 0 Å². The van der Waals surface area contributed by atoms with Crippen LogP contribution in [-0.2, 0) is 9.59 Å². The topological polar surface area (TPSA) is 94.9 Å². The van der Waals surface area contributed by atoms with Gasteiger partial charge in [0.2, 0.25) is 5.91 Å². The monoisotopic (exact) mass is 688 g/mol. The largest absolute Gasteiger partial charge is 0.457 e. The van der Waals surface area contributed by atoms with Crippen LogP contribution in [0.25, 0.3) is 17.4 Å². The third kappa shape index (κ3) is 8.51. The van der Waals surface area contributed by atoms with E-state index in [1.54, 1.807) is 54.6 Å². The molecule has 1 unspecified atom stereocenters. The number of carbonyl (C=O) groups excluding carboxylic acids is 3. The Morgan fingerprint density at radius 3 is 2.20 bits per heavy atom. The van der Waals surface area contributed by atoms with Gasteiger partial charge in [-0.2, -0.15) is 0 Å². The van der Waals surface area contributed by atoms with Crippen LogP contribution in [0.4, 0.5) is 15.8 Å². The van der Waals surface area contributed by atoms with Gasteiger partial charge < -0.3 is 24.9 Å². The van der Waals surface area contributed by atoms with E-state index in [1.807, 2.05) is 78.2 Å². The lowest BCUT2D eigenvalue weighted by atomic mass is 10.1. The Kier molecular flexibility index (Phi) is 10.8. The van der Waals surface area contributed by atoms with Gasteiger partial charge in [0.25, 0.3) is 11.8 Å². The Labute approximate surface area is 295 Å². The molecule has 6 rings (SSSR count). The Hall–Kier alpha value is -5.61. The molecule has 0 saturated carbocycles. The maximum Gasteiger partial charge on any atom is 0.272 e. The average Bonchev–Trinajstić information content (AvgIpc) is 3.61. The zero-order valence-corrected chi connectivity index (χ0v) is 28.6. The lowest BCUT2D eigenvalue weighted by Gasteiger charge is -2.37. The van der Waals surface area contributed by atoms with Crippen molar-refractivity contribution in [3.05, 3.63) is 144 Å². The summed E-state index contributed by atoms with van der Waals surface area (Å²) in [6, 6.07) is 34.0. The van der Waals surface area contributed by atoms with E-state index in [4.69, 9.17) is 4.42 Å². The van der Waals surface area contributed by atoms with E-state index in [9.17, 15) is 18.8 Å². The van der Waals surface area contributed by atoms with E-state index >= 15 is 0 Å². The quantitative estimate of drug-likeness (QED) is 0.116. The summed E-state index contributed by atoms with van der Waals surface area (Å²) in [5, 5.41) is 5.26. The first kappa shape index (κ1) is 34.3. The van der Waals surface area contributed by atoms with Crippen molar-refractivity contribution in [2.75, 3.05) is 36.4 Å². The van der Waals surface area contributed by atoms with Crippen LogP contribution in [0.5, 0.6) is 0 Å². The van der Waals surface area contributed by atoms with Crippen molar-refractivity contribution in [1.29, 1.82) is 0 Å². The Morgan fingerprint density at radius 1 is 0.820 bits per heavy atom. The minimum Gasteiger partial charge on any atom is -0.457 e. The maximum absolute atomic E-state index is 14.2. The predicted molar refractivity (Wildman–Crippen MR) is 196 cm³/mol. The van der Waals surface area contributed by atoms with Crippen LogP contribution in [0.1, 0.15) is 28.6 Å². The van der Waals surface area contributed by atoms with Crippen LogP contribution >= 0.6 is 11.8 Å². The summed E-state index contributed by atoms with van der Waals surface area (Å²) in [6.45, 7) is 6.05. The van der Waals surface area contributed by atoms with Gasteiger partial charge in [-0.1, -0.05) is 60.2 Å². The molecule has 4 aromatic carbocycles. The molecule has 0 radical (unpaired) electrons. The number of halogens is 1. The molecule has 254 valence electrons. The summed E-state index contributed by atoms with van der Waals surface area (Å²) < 4.78 is 20.2. The van der Waals surface area contributed by atoms with Gasteiger partial charge in [-0.15, -0.1) is 11.8 Å². The van der Waals surface area contributed by atoms with Crippen LogP contribution in [0.3, 0.4) is 0 Å². The molecule has 2 heterocycles. The van der Waals surface area contributed by atoms with Crippen molar-refractivity contribution in [2.45, 2.75) is 24.0 Å². The first-order valence-electron chi connectivity index (χ1n) is 16.3. The molecule has 1 atom stereocenters. The summed E-state index contributed by atoms with van der Waals surface area (Å²) in [7, 11) is 0. The molecule has 0 aliphatic carbocycles. The Morgan fingerprint density at radius 2 is 1.50 bits per heavy atom. The number of amides is 3. The van der Waals surface area contributed by atoms with E-state index in [2.05, 4.69) is 10.6 Å². The lowest BCUT2D eigenvalue weighted by molar-refractivity contribution is -0.130. The number of furan rings is 1. The first-order valence-corrected chi connectivity index (χ1v) is 17.2. The molecule has 3 amide bonds. The molecule has 1 aliphatic heterocycles. The van der Waals surface area contributed by atoms with Crippen molar-refractivity contribution in [1.82, 2.24) is 10.2 Å². The highest BCUT2D eigenvalue weighted by Gasteiger charge is 2.26. The highest BCUT2D eigenvalue weighted by atomic mass is 32.2. The number of hydrogen-bond donors (Lipinski definition) is 2. The summed E-state index contributed by atoms with van der Waals surface area (Å²) in [5.41, 5.74) is 3.52. The fourth-order valence-electron chi connectivity index (χ4n) is 5.59. The number of piperazine rings is 1. The number of benzene rings is 4. The van der Waals surface area contributed by atoms with Crippen LogP contribution < -0.4 is 15.5 Å². The van der Waals surface area contributed by atoms with Crippen molar-refractivity contribution in [2.24, 2.45) is 0 Å². The molecular weight excluding hydrogens is 652 g/mol. The summed E-state index contributed by atoms with van der Waals surface area (Å²) in [5.74, 6) is -0.162. The summed E-state index contributed by atoms with van der Waals surface area (Å²) in [6.07, 6.45) is 1.50. The third-order valence-electron chi connectivity index (χ3n) is 8.34. The molecule has 1 fully saturated rings. The van der Waals surface area contributed by atoms with Gasteiger partial charge in [0, 0.05) is 54.0 Å². The van der Waals surface area contributed by atoms with Crippen molar-refractivity contribution >= 4 is 46.9 Å². The van der Waals surface area contributed by atoms with Gasteiger partial charge in [-0.05, 0) is 74.5 Å². The second-order valence-electron chi connectivity index (χ2n) is 11.9. The predicted octanol–water partition coefficient (Wildman–Crippen LogP) is 7.63. The SMILES string of the molecule is Cc1ccc(-c2ccc(C=C(NC(=O)c3ccccc3)C(=O)Nc3ccc(SC(C)C(=O)N4CCN(c5ccccc5F)CC4)cc3)o2)cc1. The zero-order valence-electron chi connectivity index (χ0n) is 27.8. The molecule has 1 aromatic heterocycles. The number of hydrogen-bond acceptors (Lipinski definition) is 6. The highest BCUT2D eigenvalue weighted by Crippen LogP contribution is 2.28. The number of aryl methyl sites for hydroxylation is 1. The highest BCUT2D eigenvalue weighted by molar-refractivity contribution is 8.00. The van der Waals surface area contributed by atoms with Gasteiger partial charge in [0.1, 0.15) is 23.0 Å². The minimum absolute atomic E-state index is 0.0106. The fraction of sp³-hybridized carbons (Fsp3) is 0.175. The van der Waals surface area contributed by atoms with Crippen molar-refractivity contribution in [3.63, 3.8) is 0 Å².